The van der Waals surface area contributed by atoms with Gasteiger partial charge < -0.3 is 18.9 Å². The molecular formula is C48H50Cl2F2N6O6. The molecule has 4 fully saturated rings. The van der Waals surface area contributed by atoms with Crippen LogP contribution in [0.1, 0.15) is 84.3 Å². The zero-order chi connectivity index (χ0) is 44.8. The van der Waals surface area contributed by atoms with Crippen molar-refractivity contribution in [3.8, 4) is 22.8 Å². The average molecular weight is 916 g/mol. The third kappa shape index (κ3) is 8.84. The fraction of sp³-hybridized carbons (Fsp3) is 0.458. The van der Waals surface area contributed by atoms with Gasteiger partial charge in [0.15, 0.2) is 11.6 Å². The maximum Gasteiger partial charge on any atom is 0.262 e. The summed E-state index contributed by atoms with van der Waals surface area (Å²) in [7, 11) is 0. The van der Waals surface area contributed by atoms with Crippen LogP contribution in [0.3, 0.4) is 0 Å². The van der Waals surface area contributed by atoms with Crippen LogP contribution in [-0.4, -0.2) is 80.6 Å². The van der Waals surface area contributed by atoms with E-state index in [0.29, 0.717) is 58.9 Å². The molecule has 0 amide bonds. The van der Waals surface area contributed by atoms with Gasteiger partial charge in [0, 0.05) is 106 Å². The van der Waals surface area contributed by atoms with Crippen molar-refractivity contribution in [2.75, 3.05) is 39.6 Å². The van der Waals surface area contributed by atoms with Gasteiger partial charge in [0.25, 0.3) is 11.1 Å². The molecule has 0 bridgehead atoms. The number of hydrogen-bond donors (Lipinski definition) is 0. The summed E-state index contributed by atoms with van der Waals surface area (Å²) in [6.07, 6.45) is 5.47. The normalized spacial score (nSPS) is 23.7. The molecule has 0 spiro atoms. The third-order valence-electron chi connectivity index (χ3n) is 13.4. The Morgan fingerprint density at radius 2 is 1.00 bits per heavy atom. The number of rotatable bonds is 6. The van der Waals surface area contributed by atoms with E-state index in [0.717, 1.165) is 76.3 Å². The lowest BCUT2D eigenvalue weighted by Crippen LogP contribution is -2.32. The highest BCUT2D eigenvalue weighted by Crippen LogP contribution is 2.38. The van der Waals surface area contributed by atoms with Gasteiger partial charge in [-0.15, -0.1) is 0 Å². The van der Waals surface area contributed by atoms with E-state index in [1.54, 1.807) is 38.1 Å². The smallest absolute Gasteiger partial charge is 0.262 e. The fourth-order valence-electron chi connectivity index (χ4n) is 9.40. The number of aromatic nitrogens is 6. The summed E-state index contributed by atoms with van der Waals surface area (Å²) in [4.78, 5) is 45.2. The van der Waals surface area contributed by atoms with E-state index in [2.05, 4.69) is 9.97 Å². The van der Waals surface area contributed by atoms with Crippen molar-refractivity contribution in [2.45, 2.75) is 90.3 Å². The molecule has 4 aliphatic heterocycles. The van der Waals surface area contributed by atoms with Gasteiger partial charge in [-0.25, -0.2) is 37.5 Å². The van der Waals surface area contributed by atoms with Gasteiger partial charge in [0.1, 0.15) is 22.9 Å². The van der Waals surface area contributed by atoms with Gasteiger partial charge in [0.2, 0.25) is 0 Å². The minimum absolute atomic E-state index is 0.111. The maximum absolute atomic E-state index is 14.9. The Bertz CT molecular complexity index is 2670. The molecule has 16 heteroatoms. The molecule has 0 saturated carbocycles. The Hall–Kier alpha value is -4.70. The largest absolute Gasteiger partial charge is 0.381 e. The van der Waals surface area contributed by atoms with Crippen LogP contribution >= 0.6 is 23.2 Å². The zero-order valence-electron chi connectivity index (χ0n) is 36.2. The van der Waals surface area contributed by atoms with Crippen molar-refractivity contribution in [1.29, 1.82) is 0 Å². The third-order valence-corrected chi connectivity index (χ3v) is 13.9. The van der Waals surface area contributed by atoms with Gasteiger partial charge >= 0.3 is 0 Å². The molecule has 6 aromatic rings. The summed E-state index contributed by atoms with van der Waals surface area (Å²) in [5.74, 6) is 0.482. The number of fused-ring (bicyclic) bond motifs is 2. The fourth-order valence-corrected chi connectivity index (χ4v) is 9.72. The minimum atomic E-state index is -0.526. The second-order valence-corrected chi connectivity index (χ2v) is 18.3. The molecule has 0 radical (unpaired) electrons. The molecular weight excluding hydrogens is 865 g/mol. The Labute approximate surface area is 378 Å². The molecule has 64 heavy (non-hydrogen) atoms. The van der Waals surface area contributed by atoms with Crippen molar-refractivity contribution < 1.29 is 27.7 Å². The van der Waals surface area contributed by atoms with Crippen LogP contribution in [0.5, 0.6) is 0 Å². The highest BCUT2D eigenvalue weighted by molar-refractivity contribution is 6.31. The first-order chi connectivity index (χ1) is 30.8. The molecule has 12 nitrogen and oxygen atoms in total. The molecule has 2 aromatic carbocycles. The first-order valence-corrected chi connectivity index (χ1v) is 22.7. The van der Waals surface area contributed by atoms with Crippen molar-refractivity contribution >= 4 is 34.5 Å². The van der Waals surface area contributed by atoms with Crippen molar-refractivity contribution in [1.82, 2.24) is 28.7 Å². The van der Waals surface area contributed by atoms with E-state index in [9.17, 15) is 18.4 Å². The molecule has 4 saturated heterocycles. The first-order valence-electron chi connectivity index (χ1n) is 22.0. The van der Waals surface area contributed by atoms with E-state index < -0.39 is 11.6 Å². The Morgan fingerprint density at radius 1 is 0.578 bits per heavy atom. The number of halogens is 4. The summed E-state index contributed by atoms with van der Waals surface area (Å²) < 4.78 is 55.8. The lowest BCUT2D eigenvalue weighted by atomic mass is 9.86. The SMILES string of the molecule is Cc1nc2cc(C3CCOC(C4CCOC4)C3)nc(-c3ccc(Cl)cc3F)n2c(=O)c1C.Cc1nc2cc(C3CCOC(C4CCOC4)C3)nc(-c3ccc(Cl)cc3F)n2c(=O)c1C. The van der Waals surface area contributed by atoms with E-state index in [1.807, 2.05) is 26.0 Å². The van der Waals surface area contributed by atoms with Crippen LogP contribution in [-0.2, 0) is 18.9 Å². The number of aryl methyl sites for hydroxylation is 2. The van der Waals surface area contributed by atoms with Gasteiger partial charge in [-0.2, -0.15) is 0 Å². The molecule has 0 aliphatic carbocycles. The number of benzene rings is 2. The summed E-state index contributed by atoms with van der Waals surface area (Å²) in [5.41, 5.74) is 4.84. The number of hydrogen-bond acceptors (Lipinski definition) is 10. The predicted molar refractivity (Wildman–Crippen MR) is 240 cm³/mol. The molecule has 336 valence electrons. The second-order valence-electron chi connectivity index (χ2n) is 17.4. The summed E-state index contributed by atoms with van der Waals surface area (Å²) in [6, 6.07) is 12.5. The highest BCUT2D eigenvalue weighted by atomic mass is 35.5. The summed E-state index contributed by atoms with van der Waals surface area (Å²) >= 11 is 11.9. The van der Waals surface area contributed by atoms with Crippen LogP contribution in [0.2, 0.25) is 10.0 Å². The van der Waals surface area contributed by atoms with Crippen molar-refractivity contribution in [3.05, 3.63) is 125 Å². The van der Waals surface area contributed by atoms with Crippen molar-refractivity contribution in [3.63, 3.8) is 0 Å². The maximum atomic E-state index is 14.9. The lowest BCUT2D eigenvalue weighted by molar-refractivity contribution is -0.0312. The van der Waals surface area contributed by atoms with Gasteiger partial charge in [-0.05, 0) is 103 Å². The molecule has 0 N–H and O–H groups in total. The standard InChI is InChI=1S/2C24H25ClFN3O3/c2*1-13-14(2)27-22-11-20(15-6-8-32-21(9-15)16-5-7-31-12-16)28-23(29(22)24(13)30)18-4-3-17(25)10-19(18)26/h2*3-4,10-11,15-16,21H,5-9,12H2,1-2H3. The minimum Gasteiger partial charge on any atom is -0.381 e. The molecule has 4 aliphatic rings. The lowest BCUT2D eigenvalue weighted by Gasteiger charge is -2.32. The second kappa shape index (κ2) is 18.7. The van der Waals surface area contributed by atoms with Crippen molar-refractivity contribution in [2.24, 2.45) is 11.8 Å². The predicted octanol–water partition coefficient (Wildman–Crippen LogP) is 8.93. The molecule has 6 unspecified atom stereocenters. The number of ether oxygens (including phenoxy) is 4. The van der Waals surface area contributed by atoms with E-state index in [4.69, 9.17) is 52.1 Å². The van der Waals surface area contributed by atoms with E-state index >= 15 is 0 Å². The van der Waals surface area contributed by atoms with Crippen LogP contribution in [0.4, 0.5) is 8.78 Å². The average Bonchev–Trinajstić information content (AvgIpc) is 4.04. The van der Waals surface area contributed by atoms with E-state index in [-0.39, 0.29) is 68.0 Å². The number of nitrogens with zero attached hydrogens (tertiary/aromatic N) is 6. The highest BCUT2D eigenvalue weighted by Gasteiger charge is 2.35. The van der Waals surface area contributed by atoms with Crippen LogP contribution < -0.4 is 11.1 Å². The summed E-state index contributed by atoms with van der Waals surface area (Å²) in [6.45, 7) is 11.3. The van der Waals surface area contributed by atoms with E-state index in [1.165, 1.54) is 20.9 Å². The monoisotopic (exact) mass is 914 g/mol. The van der Waals surface area contributed by atoms with Crippen LogP contribution in [0.15, 0.2) is 58.1 Å². The Balaban J connectivity index is 0.000000162. The topological polar surface area (TPSA) is 131 Å². The molecule has 4 aromatic heterocycles. The Morgan fingerprint density at radius 3 is 1.38 bits per heavy atom. The van der Waals surface area contributed by atoms with Gasteiger partial charge in [-0.1, -0.05) is 23.2 Å². The first kappa shape index (κ1) is 44.5. The zero-order valence-corrected chi connectivity index (χ0v) is 37.7. The quantitative estimate of drug-likeness (QED) is 0.160. The Kier molecular flexibility index (Phi) is 13.0. The molecule has 8 heterocycles. The molecule has 6 atom stereocenters. The van der Waals surface area contributed by atoms with Gasteiger partial charge in [-0.3, -0.25) is 9.59 Å². The van der Waals surface area contributed by atoms with Gasteiger partial charge in [0.05, 0.1) is 36.5 Å². The van der Waals surface area contributed by atoms with Crippen LogP contribution in [0.25, 0.3) is 34.1 Å². The summed E-state index contributed by atoms with van der Waals surface area (Å²) in [5, 5.41) is 0.575. The molecule has 10 rings (SSSR count). The van der Waals surface area contributed by atoms with Crippen LogP contribution in [0, 0.1) is 51.2 Å².